The molecule has 0 bridgehead atoms. The molecule has 1 atom stereocenters. The molecule has 0 spiro atoms. The minimum absolute atomic E-state index is 0.866. The lowest BCUT2D eigenvalue weighted by Gasteiger charge is -1.93. The maximum Gasteiger partial charge on any atom is 0.0977 e. The molecule has 0 fully saturated rings. The van der Waals surface area contributed by atoms with Crippen LogP contribution in [0.15, 0.2) is 18.7 Å². The van der Waals surface area contributed by atoms with Crippen LogP contribution >= 0.6 is 8.73 Å². The summed E-state index contributed by atoms with van der Waals surface area (Å²) >= 11 is 0. The number of nitrogens with zero attached hydrogens (tertiary/aromatic N) is 2. The molecule has 0 aliphatic heterocycles. The molecule has 0 N–H and O–H groups in total. The van der Waals surface area contributed by atoms with Crippen molar-refractivity contribution in [3.8, 4) is 0 Å². The Morgan fingerprint density at radius 2 is 2.62 bits per heavy atom. The highest BCUT2D eigenvalue weighted by molar-refractivity contribution is 7.36. The van der Waals surface area contributed by atoms with E-state index in [9.17, 15) is 0 Å². The van der Waals surface area contributed by atoms with Gasteiger partial charge in [0.2, 0.25) is 0 Å². The minimum atomic E-state index is 0.866. The Labute approximate surface area is 50.8 Å². The van der Waals surface area contributed by atoms with Crippen LogP contribution < -0.4 is 0 Å². The maximum atomic E-state index is 3.91. The molecular formula is C5H9N2P. The van der Waals surface area contributed by atoms with Gasteiger partial charge in [0.05, 0.1) is 6.33 Å². The molecule has 3 heteroatoms. The highest BCUT2D eigenvalue weighted by Crippen LogP contribution is 2.10. The lowest BCUT2D eigenvalue weighted by atomic mass is 11.0. The van der Waals surface area contributed by atoms with Gasteiger partial charge in [-0.25, -0.2) is 4.98 Å². The second kappa shape index (κ2) is 2.83. The standard InChI is InChI=1S/C5H9N2P/c1-2-8-7-4-3-6-5-7/h3-5,8H,2H2,1H3. The highest BCUT2D eigenvalue weighted by Gasteiger charge is 1.81. The van der Waals surface area contributed by atoms with Gasteiger partial charge in [-0.15, -0.1) is 0 Å². The van der Waals surface area contributed by atoms with Crippen molar-refractivity contribution in [2.24, 2.45) is 0 Å². The fourth-order valence-electron chi connectivity index (χ4n) is 0.535. The van der Waals surface area contributed by atoms with Gasteiger partial charge in [-0.05, 0) is 14.9 Å². The number of rotatable bonds is 2. The van der Waals surface area contributed by atoms with Crippen molar-refractivity contribution in [2.75, 3.05) is 6.16 Å². The van der Waals surface area contributed by atoms with E-state index < -0.39 is 0 Å². The van der Waals surface area contributed by atoms with E-state index in [1.807, 2.05) is 18.7 Å². The second-order valence-corrected chi connectivity index (χ2v) is 3.02. The molecule has 8 heavy (non-hydrogen) atoms. The summed E-state index contributed by atoms with van der Waals surface area (Å²) in [5.74, 6) is 0. The first-order valence-corrected chi connectivity index (χ1v) is 3.80. The van der Waals surface area contributed by atoms with E-state index in [4.69, 9.17) is 0 Å². The fraction of sp³-hybridized carbons (Fsp3) is 0.400. The Morgan fingerprint density at radius 1 is 1.75 bits per heavy atom. The molecule has 44 valence electrons. The third-order valence-corrected chi connectivity index (χ3v) is 1.79. The summed E-state index contributed by atoms with van der Waals surface area (Å²) < 4.78 is 2.10. The third kappa shape index (κ3) is 1.31. The van der Waals surface area contributed by atoms with Crippen LogP contribution in [0.2, 0.25) is 0 Å². The van der Waals surface area contributed by atoms with Gasteiger partial charge in [-0.3, -0.25) is 0 Å². The Hall–Kier alpha value is -0.360. The van der Waals surface area contributed by atoms with Crippen LogP contribution in [0.25, 0.3) is 0 Å². The van der Waals surface area contributed by atoms with Crippen molar-refractivity contribution >= 4 is 8.73 Å². The molecule has 1 heterocycles. The van der Waals surface area contributed by atoms with E-state index >= 15 is 0 Å². The summed E-state index contributed by atoms with van der Waals surface area (Å²) in [5.41, 5.74) is 0. The summed E-state index contributed by atoms with van der Waals surface area (Å²) in [4.78, 5) is 3.91. The zero-order valence-electron chi connectivity index (χ0n) is 4.83. The van der Waals surface area contributed by atoms with Crippen molar-refractivity contribution in [3.05, 3.63) is 18.7 Å². The molecule has 1 aromatic rings. The van der Waals surface area contributed by atoms with Gasteiger partial charge in [-0.1, -0.05) is 6.92 Å². The van der Waals surface area contributed by atoms with Crippen LogP contribution in [0.4, 0.5) is 0 Å². The van der Waals surface area contributed by atoms with E-state index in [1.54, 1.807) is 0 Å². The first kappa shape index (κ1) is 5.77. The van der Waals surface area contributed by atoms with Crippen LogP contribution in [0.3, 0.4) is 0 Å². The summed E-state index contributed by atoms with van der Waals surface area (Å²) in [5, 5.41) is 0. The summed E-state index contributed by atoms with van der Waals surface area (Å²) in [6.45, 7) is 2.17. The second-order valence-electron chi connectivity index (χ2n) is 1.48. The Morgan fingerprint density at radius 3 is 3.12 bits per heavy atom. The van der Waals surface area contributed by atoms with Crippen LogP contribution in [0.5, 0.6) is 0 Å². The molecular weight excluding hydrogens is 119 g/mol. The van der Waals surface area contributed by atoms with E-state index in [0.717, 1.165) is 8.73 Å². The predicted octanol–water partition coefficient (Wildman–Crippen LogP) is 1.34. The molecule has 0 saturated carbocycles. The van der Waals surface area contributed by atoms with E-state index in [1.165, 1.54) is 6.16 Å². The van der Waals surface area contributed by atoms with Crippen molar-refractivity contribution in [1.29, 1.82) is 0 Å². The quantitative estimate of drug-likeness (QED) is 0.549. The number of hydrogen-bond donors (Lipinski definition) is 0. The molecule has 2 nitrogen and oxygen atoms in total. The number of hydrogen-bond acceptors (Lipinski definition) is 1. The van der Waals surface area contributed by atoms with Crippen LogP contribution in [0, 0.1) is 0 Å². The largest absolute Gasteiger partial charge is 0.319 e. The van der Waals surface area contributed by atoms with E-state index in [-0.39, 0.29) is 0 Å². The summed E-state index contributed by atoms with van der Waals surface area (Å²) in [7, 11) is 0.866. The van der Waals surface area contributed by atoms with Gasteiger partial charge >= 0.3 is 0 Å². The first-order valence-electron chi connectivity index (χ1n) is 2.65. The summed E-state index contributed by atoms with van der Waals surface area (Å²) in [6, 6.07) is 0. The summed E-state index contributed by atoms with van der Waals surface area (Å²) in [6.07, 6.45) is 6.85. The van der Waals surface area contributed by atoms with E-state index in [2.05, 4.69) is 16.2 Å². The van der Waals surface area contributed by atoms with Crippen LogP contribution in [-0.2, 0) is 0 Å². The monoisotopic (exact) mass is 128 g/mol. The lowest BCUT2D eigenvalue weighted by molar-refractivity contribution is 1.21. The Kier molecular flexibility index (Phi) is 2.04. The lowest BCUT2D eigenvalue weighted by Crippen LogP contribution is -1.75. The normalized spacial score (nSPS) is 11.1. The molecule has 0 aromatic carbocycles. The van der Waals surface area contributed by atoms with Crippen molar-refractivity contribution in [3.63, 3.8) is 0 Å². The minimum Gasteiger partial charge on any atom is -0.319 e. The molecule has 1 unspecified atom stereocenters. The first-order chi connectivity index (χ1) is 3.93. The van der Waals surface area contributed by atoms with Crippen molar-refractivity contribution in [2.45, 2.75) is 6.92 Å². The molecule has 0 aliphatic rings. The predicted molar refractivity (Wildman–Crippen MR) is 36.5 cm³/mol. The number of aromatic nitrogens is 2. The SMILES string of the molecule is CCPn1ccnc1. The zero-order chi connectivity index (χ0) is 5.82. The number of imidazole rings is 1. The van der Waals surface area contributed by atoms with Crippen LogP contribution in [0.1, 0.15) is 6.92 Å². The molecule has 0 radical (unpaired) electrons. The third-order valence-electron chi connectivity index (χ3n) is 0.845. The van der Waals surface area contributed by atoms with Crippen molar-refractivity contribution < 1.29 is 0 Å². The topological polar surface area (TPSA) is 17.8 Å². The van der Waals surface area contributed by atoms with Gasteiger partial charge in [0.15, 0.2) is 0 Å². The zero-order valence-corrected chi connectivity index (χ0v) is 5.83. The molecule has 0 saturated heterocycles. The van der Waals surface area contributed by atoms with Gasteiger partial charge < -0.3 is 4.34 Å². The van der Waals surface area contributed by atoms with Gasteiger partial charge in [0, 0.05) is 12.4 Å². The van der Waals surface area contributed by atoms with Crippen LogP contribution in [-0.4, -0.2) is 15.5 Å². The highest BCUT2D eigenvalue weighted by atomic mass is 31.1. The Bertz CT molecular complexity index is 136. The molecule has 0 aliphatic carbocycles. The van der Waals surface area contributed by atoms with Crippen molar-refractivity contribution in [1.82, 2.24) is 9.32 Å². The Balaban J connectivity index is 2.50. The van der Waals surface area contributed by atoms with Gasteiger partial charge in [0.1, 0.15) is 0 Å². The van der Waals surface area contributed by atoms with E-state index in [0.29, 0.717) is 0 Å². The maximum absolute atomic E-state index is 3.91. The average molecular weight is 128 g/mol. The van der Waals surface area contributed by atoms with Gasteiger partial charge in [-0.2, -0.15) is 0 Å². The van der Waals surface area contributed by atoms with Gasteiger partial charge in [0.25, 0.3) is 0 Å². The molecule has 1 rings (SSSR count). The molecule has 1 aromatic heterocycles. The molecule has 0 amide bonds. The fourth-order valence-corrected chi connectivity index (χ4v) is 1.22. The average Bonchev–Trinajstić information content (AvgIpc) is 2.19. The smallest absolute Gasteiger partial charge is 0.0977 e.